The van der Waals surface area contributed by atoms with E-state index < -0.39 is 0 Å². The summed E-state index contributed by atoms with van der Waals surface area (Å²) >= 11 is 0. The fraction of sp³-hybridized carbons (Fsp3) is 0.562. The maximum atomic E-state index is 12.3. The zero-order valence-electron chi connectivity index (χ0n) is 12.8. The summed E-state index contributed by atoms with van der Waals surface area (Å²) in [4.78, 5) is 17.0. The molecule has 0 radical (unpaired) electrons. The summed E-state index contributed by atoms with van der Waals surface area (Å²) in [6.45, 7) is 6.54. The van der Waals surface area contributed by atoms with Gasteiger partial charge in [0.25, 0.3) is 5.91 Å². The molecule has 0 bridgehead atoms. The van der Waals surface area contributed by atoms with Crippen LogP contribution in [0.15, 0.2) is 24.3 Å². The van der Waals surface area contributed by atoms with Crippen LogP contribution in [0.5, 0.6) is 0 Å². The van der Waals surface area contributed by atoms with Gasteiger partial charge in [-0.25, -0.2) is 0 Å². The van der Waals surface area contributed by atoms with Gasteiger partial charge in [0.2, 0.25) is 0 Å². The lowest BCUT2D eigenvalue weighted by Crippen LogP contribution is -2.46. The van der Waals surface area contributed by atoms with Crippen LogP contribution in [0.2, 0.25) is 0 Å². The molecule has 5 heteroatoms. The van der Waals surface area contributed by atoms with Gasteiger partial charge in [-0.05, 0) is 31.6 Å². The average Bonchev–Trinajstić information content (AvgIpc) is 2.50. The summed E-state index contributed by atoms with van der Waals surface area (Å²) in [5, 5.41) is 3.02. The third kappa shape index (κ3) is 4.81. The van der Waals surface area contributed by atoms with Crippen molar-refractivity contribution in [3.63, 3.8) is 0 Å². The monoisotopic (exact) mass is 290 g/mol. The fourth-order valence-corrected chi connectivity index (χ4v) is 2.61. The van der Waals surface area contributed by atoms with Crippen LogP contribution < -0.4 is 11.1 Å². The molecule has 116 valence electrons. The number of hydrogen-bond acceptors (Lipinski definition) is 4. The number of amides is 1. The number of benzene rings is 1. The first-order chi connectivity index (χ1) is 10.2. The quantitative estimate of drug-likeness (QED) is 0.784. The van der Waals surface area contributed by atoms with Gasteiger partial charge in [-0.3, -0.25) is 9.69 Å². The number of rotatable bonds is 6. The van der Waals surface area contributed by atoms with E-state index in [1.807, 2.05) is 24.3 Å². The number of nitrogens with two attached hydrogens (primary N) is 1. The van der Waals surface area contributed by atoms with Crippen molar-refractivity contribution in [2.75, 3.05) is 52.9 Å². The summed E-state index contributed by atoms with van der Waals surface area (Å²) < 4.78 is 0. The van der Waals surface area contributed by atoms with Crippen LogP contribution in [0.25, 0.3) is 0 Å². The smallest absolute Gasteiger partial charge is 0.251 e. The topological polar surface area (TPSA) is 61.6 Å². The molecule has 1 saturated heterocycles. The Morgan fingerprint density at radius 3 is 2.67 bits per heavy atom. The molecule has 21 heavy (non-hydrogen) atoms. The van der Waals surface area contributed by atoms with Crippen LogP contribution >= 0.6 is 0 Å². The Kier molecular flexibility index (Phi) is 6.17. The van der Waals surface area contributed by atoms with Gasteiger partial charge in [0.1, 0.15) is 0 Å². The van der Waals surface area contributed by atoms with Gasteiger partial charge in [-0.2, -0.15) is 0 Å². The molecule has 1 amide bonds. The van der Waals surface area contributed by atoms with Crippen LogP contribution in [-0.2, 0) is 6.42 Å². The highest BCUT2D eigenvalue weighted by atomic mass is 16.1. The molecule has 1 heterocycles. The molecular formula is C16H26N4O. The van der Waals surface area contributed by atoms with E-state index in [0.29, 0.717) is 13.1 Å². The van der Waals surface area contributed by atoms with Crippen molar-refractivity contribution in [1.82, 2.24) is 15.1 Å². The Labute approximate surface area is 127 Å². The van der Waals surface area contributed by atoms with Crippen molar-refractivity contribution in [3.05, 3.63) is 35.4 Å². The minimum Gasteiger partial charge on any atom is -0.351 e. The molecule has 3 N–H and O–H groups in total. The van der Waals surface area contributed by atoms with Crippen LogP contribution in [-0.4, -0.2) is 68.6 Å². The summed E-state index contributed by atoms with van der Waals surface area (Å²) in [5.74, 6) is 0.00757. The lowest BCUT2D eigenvalue weighted by atomic mass is 10.0. The second kappa shape index (κ2) is 8.12. The van der Waals surface area contributed by atoms with E-state index in [1.54, 1.807) is 0 Å². The molecule has 0 atom stereocenters. The minimum atomic E-state index is 0.00757. The van der Waals surface area contributed by atoms with Crippen LogP contribution in [0.4, 0.5) is 0 Å². The predicted molar refractivity (Wildman–Crippen MR) is 85.5 cm³/mol. The predicted octanol–water partition coefficient (Wildman–Crippen LogP) is 0.165. The number of hydrogen-bond donors (Lipinski definition) is 2. The lowest BCUT2D eigenvalue weighted by Gasteiger charge is -2.32. The average molecular weight is 290 g/mol. The third-order valence-corrected chi connectivity index (χ3v) is 3.99. The normalized spacial score (nSPS) is 16.9. The molecule has 1 aliphatic heterocycles. The zero-order valence-corrected chi connectivity index (χ0v) is 12.8. The molecule has 0 saturated carbocycles. The van der Waals surface area contributed by atoms with E-state index >= 15 is 0 Å². The van der Waals surface area contributed by atoms with E-state index in [4.69, 9.17) is 5.73 Å². The van der Waals surface area contributed by atoms with Gasteiger partial charge in [-0.15, -0.1) is 0 Å². The number of piperazine rings is 1. The molecule has 5 nitrogen and oxygen atoms in total. The molecule has 0 spiro atoms. The van der Waals surface area contributed by atoms with E-state index in [9.17, 15) is 4.79 Å². The summed E-state index contributed by atoms with van der Waals surface area (Å²) in [7, 11) is 2.15. The highest BCUT2D eigenvalue weighted by molar-refractivity contribution is 5.95. The van der Waals surface area contributed by atoms with Gasteiger partial charge in [0.15, 0.2) is 0 Å². The first kappa shape index (κ1) is 15.9. The van der Waals surface area contributed by atoms with E-state index in [0.717, 1.165) is 50.3 Å². The number of nitrogens with one attached hydrogen (secondary N) is 1. The number of nitrogens with zero attached hydrogens (tertiary/aromatic N) is 2. The first-order valence-corrected chi connectivity index (χ1v) is 7.68. The summed E-state index contributed by atoms with van der Waals surface area (Å²) in [6.07, 6.45) is 0.738. The van der Waals surface area contributed by atoms with Gasteiger partial charge in [0, 0.05) is 44.8 Å². The Morgan fingerprint density at radius 2 is 1.95 bits per heavy atom. The SMILES string of the molecule is CN1CCN(CCNC(=O)c2ccccc2CCN)CC1. The van der Waals surface area contributed by atoms with Crippen molar-refractivity contribution in [1.29, 1.82) is 0 Å². The molecule has 2 rings (SSSR count). The van der Waals surface area contributed by atoms with E-state index in [-0.39, 0.29) is 5.91 Å². The van der Waals surface area contributed by atoms with Crippen molar-refractivity contribution in [2.24, 2.45) is 5.73 Å². The van der Waals surface area contributed by atoms with Gasteiger partial charge in [-0.1, -0.05) is 18.2 Å². The fourth-order valence-electron chi connectivity index (χ4n) is 2.61. The molecular weight excluding hydrogens is 264 g/mol. The standard InChI is InChI=1S/C16H26N4O/c1-19-10-12-20(13-11-19)9-8-18-16(21)15-5-3-2-4-14(15)6-7-17/h2-5H,6-13,17H2,1H3,(H,18,21). The second-order valence-corrected chi connectivity index (χ2v) is 5.60. The molecule has 1 aromatic carbocycles. The number of carbonyl (C=O) groups excluding carboxylic acids is 1. The van der Waals surface area contributed by atoms with Crippen LogP contribution in [0, 0.1) is 0 Å². The van der Waals surface area contributed by atoms with E-state index in [2.05, 4.69) is 22.2 Å². The zero-order chi connectivity index (χ0) is 15.1. The molecule has 1 aromatic rings. The Bertz CT molecular complexity index is 455. The first-order valence-electron chi connectivity index (χ1n) is 7.68. The second-order valence-electron chi connectivity index (χ2n) is 5.60. The number of likely N-dealkylation sites (N-methyl/N-ethyl adjacent to an activating group) is 1. The van der Waals surface area contributed by atoms with Gasteiger partial charge in [0.05, 0.1) is 0 Å². The molecule has 0 aliphatic carbocycles. The largest absolute Gasteiger partial charge is 0.351 e. The Balaban J connectivity index is 1.79. The summed E-state index contributed by atoms with van der Waals surface area (Å²) in [6, 6.07) is 7.69. The van der Waals surface area contributed by atoms with Crippen molar-refractivity contribution >= 4 is 5.91 Å². The Hall–Kier alpha value is -1.43. The maximum absolute atomic E-state index is 12.3. The van der Waals surface area contributed by atoms with Gasteiger partial charge >= 0.3 is 0 Å². The lowest BCUT2D eigenvalue weighted by molar-refractivity contribution is 0.0940. The van der Waals surface area contributed by atoms with Crippen molar-refractivity contribution < 1.29 is 4.79 Å². The number of carbonyl (C=O) groups is 1. The maximum Gasteiger partial charge on any atom is 0.251 e. The summed E-state index contributed by atoms with van der Waals surface area (Å²) in [5.41, 5.74) is 7.37. The molecule has 1 aliphatic rings. The van der Waals surface area contributed by atoms with E-state index in [1.165, 1.54) is 0 Å². The van der Waals surface area contributed by atoms with Crippen molar-refractivity contribution in [2.45, 2.75) is 6.42 Å². The van der Waals surface area contributed by atoms with Gasteiger partial charge < -0.3 is 16.0 Å². The van der Waals surface area contributed by atoms with Crippen molar-refractivity contribution in [3.8, 4) is 0 Å². The Morgan fingerprint density at radius 1 is 1.24 bits per heavy atom. The molecule has 1 fully saturated rings. The minimum absolute atomic E-state index is 0.00757. The van der Waals surface area contributed by atoms with Crippen LogP contribution in [0.3, 0.4) is 0 Å². The molecule has 0 unspecified atom stereocenters. The third-order valence-electron chi connectivity index (χ3n) is 3.99. The highest BCUT2D eigenvalue weighted by Gasteiger charge is 2.14. The molecule has 0 aromatic heterocycles. The van der Waals surface area contributed by atoms with Crippen LogP contribution in [0.1, 0.15) is 15.9 Å². The highest BCUT2D eigenvalue weighted by Crippen LogP contribution is 2.09.